The Morgan fingerprint density at radius 2 is 0.963 bits per heavy atom. The minimum atomic E-state index is -0.0864. The maximum absolute atomic E-state index is 8.73. The largest absolute Gasteiger partial charge is 0.394 e. The van der Waals surface area contributed by atoms with Gasteiger partial charge in [-0.15, -0.1) is 0 Å². The summed E-state index contributed by atoms with van der Waals surface area (Å²) in [6, 6.07) is 0. The zero-order valence-electron chi connectivity index (χ0n) is 18.6. The van der Waals surface area contributed by atoms with Gasteiger partial charge in [-0.25, -0.2) is 0 Å². The Balaban J connectivity index is 0. The van der Waals surface area contributed by atoms with Crippen molar-refractivity contribution in [2.75, 3.05) is 39.6 Å². The van der Waals surface area contributed by atoms with Crippen LogP contribution in [-0.2, 0) is 18.9 Å². The van der Waals surface area contributed by atoms with Gasteiger partial charge in [0.05, 0.1) is 50.8 Å². The molecule has 2 N–H and O–H groups in total. The van der Waals surface area contributed by atoms with Gasteiger partial charge in [-0.2, -0.15) is 0 Å². The Labute approximate surface area is 167 Å². The number of aliphatic hydroxyl groups is 2. The molecule has 0 fully saturated rings. The molecule has 0 bridgehead atoms. The Bertz CT molecular complexity index is 277. The maximum Gasteiger partial charge on any atom is 0.0780 e. The van der Waals surface area contributed by atoms with Crippen molar-refractivity contribution >= 4 is 0 Å². The molecular weight excluding hydrogens is 348 g/mol. The highest BCUT2D eigenvalue weighted by atomic mass is 16.5. The molecule has 0 radical (unpaired) electrons. The highest BCUT2D eigenvalue weighted by Gasteiger charge is 2.06. The summed E-state index contributed by atoms with van der Waals surface area (Å²) in [5.41, 5.74) is 0. The number of aliphatic hydroxyl groups excluding tert-OH is 2. The molecule has 0 aliphatic carbocycles. The van der Waals surface area contributed by atoms with E-state index in [-0.39, 0.29) is 37.6 Å². The van der Waals surface area contributed by atoms with Crippen LogP contribution in [0.4, 0.5) is 0 Å². The van der Waals surface area contributed by atoms with E-state index < -0.39 is 0 Å². The molecule has 0 amide bonds. The third-order valence-electron chi connectivity index (χ3n) is 3.80. The molecule has 0 saturated carbocycles. The van der Waals surface area contributed by atoms with E-state index in [0.29, 0.717) is 13.2 Å². The van der Waals surface area contributed by atoms with Gasteiger partial charge in [0.15, 0.2) is 0 Å². The number of rotatable bonds is 17. The Kier molecular flexibility index (Phi) is 23.7. The molecule has 0 rings (SSSR count). The summed E-state index contributed by atoms with van der Waals surface area (Å²) in [5, 5.41) is 17.4. The van der Waals surface area contributed by atoms with Crippen LogP contribution in [0, 0.1) is 0 Å². The van der Waals surface area contributed by atoms with Crippen LogP contribution in [0.3, 0.4) is 0 Å². The van der Waals surface area contributed by atoms with E-state index in [1.54, 1.807) is 0 Å². The van der Waals surface area contributed by atoms with E-state index >= 15 is 0 Å². The summed E-state index contributed by atoms with van der Waals surface area (Å²) in [4.78, 5) is 0. The van der Waals surface area contributed by atoms with E-state index in [1.807, 2.05) is 27.7 Å². The quantitative estimate of drug-likeness (QED) is 0.367. The number of unbranched alkanes of at least 4 members (excludes halogenated alkanes) is 3. The van der Waals surface area contributed by atoms with Crippen LogP contribution in [-0.4, -0.2) is 74.3 Å². The monoisotopic (exact) mass is 394 g/mol. The first-order valence-electron chi connectivity index (χ1n) is 10.6. The van der Waals surface area contributed by atoms with Gasteiger partial charge in [0, 0.05) is 13.2 Å². The van der Waals surface area contributed by atoms with Gasteiger partial charge >= 0.3 is 0 Å². The van der Waals surface area contributed by atoms with Crippen molar-refractivity contribution in [2.24, 2.45) is 0 Å². The molecule has 6 heteroatoms. The second kappa shape index (κ2) is 22.1. The van der Waals surface area contributed by atoms with Crippen molar-refractivity contribution in [2.45, 2.75) is 98.1 Å². The molecule has 0 aromatic carbocycles. The van der Waals surface area contributed by atoms with Crippen molar-refractivity contribution in [3.05, 3.63) is 0 Å². The highest BCUT2D eigenvalue weighted by Crippen LogP contribution is 2.00. The lowest BCUT2D eigenvalue weighted by Gasteiger charge is -2.16. The fourth-order valence-corrected chi connectivity index (χ4v) is 1.87. The molecule has 166 valence electrons. The van der Waals surface area contributed by atoms with Gasteiger partial charge < -0.3 is 29.2 Å². The average Bonchev–Trinajstić information content (AvgIpc) is 2.68. The van der Waals surface area contributed by atoms with Gasteiger partial charge in [-0.1, -0.05) is 33.1 Å². The van der Waals surface area contributed by atoms with Gasteiger partial charge in [0.1, 0.15) is 0 Å². The minimum absolute atomic E-state index is 0.0711. The SMILES string of the molecule is CCCCCOC(C)COC(C)CO.CCCCOC(C)COC(C)CO. The van der Waals surface area contributed by atoms with Crippen LogP contribution in [0.1, 0.15) is 73.6 Å². The van der Waals surface area contributed by atoms with Crippen LogP contribution in [0.15, 0.2) is 0 Å². The smallest absolute Gasteiger partial charge is 0.0780 e. The second-order valence-electron chi connectivity index (χ2n) is 7.08. The molecule has 0 aliphatic rings. The fraction of sp³-hybridized carbons (Fsp3) is 1.00. The molecule has 6 nitrogen and oxygen atoms in total. The van der Waals surface area contributed by atoms with Crippen LogP contribution in [0.5, 0.6) is 0 Å². The van der Waals surface area contributed by atoms with Gasteiger partial charge in [-0.05, 0) is 40.5 Å². The second-order valence-corrected chi connectivity index (χ2v) is 7.08. The lowest BCUT2D eigenvalue weighted by Crippen LogP contribution is -2.22. The normalized spacial score (nSPS) is 15.6. The zero-order valence-corrected chi connectivity index (χ0v) is 18.6. The first kappa shape index (κ1) is 29.0. The molecule has 0 saturated heterocycles. The predicted octanol–water partition coefficient (Wildman–Crippen LogP) is 3.57. The topological polar surface area (TPSA) is 77.4 Å². The Hall–Kier alpha value is -0.240. The van der Waals surface area contributed by atoms with Crippen LogP contribution in [0.2, 0.25) is 0 Å². The number of hydrogen-bond donors (Lipinski definition) is 2. The van der Waals surface area contributed by atoms with Crippen molar-refractivity contribution in [1.29, 1.82) is 0 Å². The molecule has 27 heavy (non-hydrogen) atoms. The zero-order chi connectivity index (χ0) is 20.9. The van der Waals surface area contributed by atoms with E-state index in [9.17, 15) is 0 Å². The molecule has 0 aliphatic heterocycles. The first-order chi connectivity index (χ1) is 12.9. The van der Waals surface area contributed by atoms with Gasteiger partial charge in [-0.3, -0.25) is 0 Å². The average molecular weight is 395 g/mol. The van der Waals surface area contributed by atoms with E-state index in [2.05, 4.69) is 13.8 Å². The summed E-state index contributed by atoms with van der Waals surface area (Å²) in [7, 11) is 0. The molecule has 4 unspecified atom stereocenters. The van der Waals surface area contributed by atoms with Gasteiger partial charge in [0.2, 0.25) is 0 Å². The molecule has 0 aromatic heterocycles. The lowest BCUT2D eigenvalue weighted by molar-refractivity contribution is -0.0459. The highest BCUT2D eigenvalue weighted by molar-refractivity contribution is 4.52. The third-order valence-corrected chi connectivity index (χ3v) is 3.80. The van der Waals surface area contributed by atoms with Crippen molar-refractivity contribution in [3.8, 4) is 0 Å². The van der Waals surface area contributed by atoms with Crippen LogP contribution in [0.25, 0.3) is 0 Å². The molecule has 4 atom stereocenters. The number of hydrogen-bond acceptors (Lipinski definition) is 6. The maximum atomic E-state index is 8.73. The summed E-state index contributed by atoms with van der Waals surface area (Å²) in [5.74, 6) is 0. The van der Waals surface area contributed by atoms with Gasteiger partial charge in [0.25, 0.3) is 0 Å². The standard InChI is InChI=1S/C11H24O3.C10H22O3/c1-4-5-6-7-13-11(3)9-14-10(2)8-12;1-4-5-6-12-10(3)8-13-9(2)7-11/h10-12H,4-9H2,1-3H3;9-11H,4-8H2,1-3H3. The molecular formula is C21H46O6. The van der Waals surface area contributed by atoms with E-state index in [0.717, 1.165) is 32.5 Å². The summed E-state index contributed by atoms with van der Waals surface area (Å²) in [6.45, 7) is 14.9. The molecule has 0 aromatic rings. The van der Waals surface area contributed by atoms with Crippen molar-refractivity contribution in [3.63, 3.8) is 0 Å². The van der Waals surface area contributed by atoms with Crippen LogP contribution >= 0.6 is 0 Å². The van der Waals surface area contributed by atoms with E-state index in [4.69, 9.17) is 29.2 Å². The van der Waals surface area contributed by atoms with E-state index in [1.165, 1.54) is 12.8 Å². The Morgan fingerprint density at radius 3 is 1.33 bits per heavy atom. The molecule has 0 spiro atoms. The first-order valence-corrected chi connectivity index (χ1v) is 10.6. The predicted molar refractivity (Wildman–Crippen MR) is 110 cm³/mol. The molecule has 0 heterocycles. The minimum Gasteiger partial charge on any atom is -0.394 e. The summed E-state index contributed by atoms with van der Waals surface area (Å²) in [6.07, 6.45) is 5.89. The van der Waals surface area contributed by atoms with Crippen molar-refractivity contribution < 1.29 is 29.2 Å². The Morgan fingerprint density at radius 1 is 0.556 bits per heavy atom. The fourth-order valence-electron chi connectivity index (χ4n) is 1.87. The lowest BCUT2D eigenvalue weighted by atomic mass is 10.3. The summed E-state index contributed by atoms with van der Waals surface area (Å²) >= 11 is 0. The number of ether oxygens (including phenoxy) is 4. The van der Waals surface area contributed by atoms with Crippen molar-refractivity contribution in [1.82, 2.24) is 0 Å². The van der Waals surface area contributed by atoms with Crippen LogP contribution < -0.4 is 0 Å². The summed E-state index contributed by atoms with van der Waals surface area (Å²) < 4.78 is 21.6. The third kappa shape index (κ3) is 23.7.